The SMILES string of the molecule is CC(C)CC[C@H](N)c1c(F)cccc1F.Cl. The van der Waals surface area contributed by atoms with E-state index in [2.05, 4.69) is 13.8 Å². The van der Waals surface area contributed by atoms with Crippen LogP contribution in [0.3, 0.4) is 0 Å². The van der Waals surface area contributed by atoms with Gasteiger partial charge in [0.25, 0.3) is 0 Å². The number of hydrogen-bond donors (Lipinski definition) is 1. The first kappa shape index (κ1) is 15.3. The summed E-state index contributed by atoms with van der Waals surface area (Å²) in [5.74, 6) is -0.608. The first-order valence-corrected chi connectivity index (χ1v) is 5.22. The molecule has 0 bridgehead atoms. The Morgan fingerprint density at radius 1 is 1.12 bits per heavy atom. The number of nitrogens with two attached hydrogens (primary N) is 1. The topological polar surface area (TPSA) is 26.0 Å². The quantitative estimate of drug-likeness (QED) is 0.863. The van der Waals surface area contributed by atoms with Crippen molar-refractivity contribution in [2.75, 3.05) is 0 Å². The molecule has 92 valence electrons. The van der Waals surface area contributed by atoms with E-state index in [1.807, 2.05) is 0 Å². The predicted molar refractivity (Wildman–Crippen MR) is 64.6 cm³/mol. The minimum Gasteiger partial charge on any atom is -0.324 e. The highest BCUT2D eigenvalue weighted by atomic mass is 35.5. The normalized spacial score (nSPS) is 12.4. The zero-order valence-electron chi connectivity index (χ0n) is 9.54. The summed E-state index contributed by atoms with van der Waals surface area (Å²) in [5.41, 5.74) is 5.78. The van der Waals surface area contributed by atoms with Gasteiger partial charge in [-0.25, -0.2) is 8.78 Å². The van der Waals surface area contributed by atoms with E-state index in [0.717, 1.165) is 6.42 Å². The zero-order valence-corrected chi connectivity index (χ0v) is 10.4. The highest BCUT2D eigenvalue weighted by molar-refractivity contribution is 5.85. The molecule has 1 rings (SSSR count). The van der Waals surface area contributed by atoms with Gasteiger partial charge in [-0.15, -0.1) is 12.4 Å². The number of hydrogen-bond acceptors (Lipinski definition) is 1. The van der Waals surface area contributed by atoms with Crippen molar-refractivity contribution in [3.63, 3.8) is 0 Å². The Morgan fingerprint density at radius 2 is 1.62 bits per heavy atom. The van der Waals surface area contributed by atoms with Gasteiger partial charge in [-0.2, -0.15) is 0 Å². The van der Waals surface area contributed by atoms with Gasteiger partial charge in [-0.05, 0) is 30.9 Å². The van der Waals surface area contributed by atoms with E-state index in [4.69, 9.17) is 5.73 Å². The van der Waals surface area contributed by atoms with Crippen LogP contribution in [0, 0.1) is 17.6 Å². The van der Waals surface area contributed by atoms with Crippen molar-refractivity contribution < 1.29 is 8.78 Å². The van der Waals surface area contributed by atoms with Gasteiger partial charge in [0, 0.05) is 11.6 Å². The van der Waals surface area contributed by atoms with Crippen molar-refractivity contribution >= 4 is 12.4 Å². The van der Waals surface area contributed by atoms with Crippen LogP contribution in [-0.2, 0) is 0 Å². The molecule has 2 N–H and O–H groups in total. The Labute approximate surface area is 101 Å². The monoisotopic (exact) mass is 249 g/mol. The summed E-state index contributed by atoms with van der Waals surface area (Å²) in [5, 5.41) is 0. The molecule has 0 heterocycles. The van der Waals surface area contributed by atoms with Crippen LogP contribution in [0.4, 0.5) is 8.78 Å². The molecule has 4 heteroatoms. The molecule has 1 aromatic rings. The second-order valence-electron chi connectivity index (χ2n) is 4.21. The van der Waals surface area contributed by atoms with E-state index in [1.165, 1.54) is 18.2 Å². The zero-order chi connectivity index (χ0) is 11.4. The molecule has 0 fully saturated rings. The highest BCUT2D eigenvalue weighted by Crippen LogP contribution is 2.23. The summed E-state index contributed by atoms with van der Waals surface area (Å²) < 4.78 is 26.6. The Hall–Kier alpha value is -0.670. The largest absolute Gasteiger partial charge is 0.324 e. The molecule has 0 aliphatic carbocycles. The first-order valence-electron chi connectivity index (χ1n) is 5.22. The summed E-state index contributed by atoms with van der Waals surface area (Å²) in [7, 11) is 0. The fraction of sp³-hybridized carbons (Fsp3) is 0.500. The number of rotatable bonds is 4. The lowest BCUT2D eigenvalue weighted by molar-refractivity contribution is 0.468. The number of benzene rings is 1. The van der Waals surface area contributed by atoms with E-state index in [9.17, 15) is 8.78 Å². The molecular weight excluding hydrogens is 232 g/mol. The van der Waals surface area contributed by atoms with Crippen LogP contribution in [0.15, 0.2) is 18.2 Å². The van der Waals surface area contributed by atoms with E-state index in [0.29, 0.717) is 12.3 Å². The van der Waals surface area contributed by atoms with Crippen molar-refractivity contribution in [3.05, 3.63) is 35.4 Å². The maximum absolute atomic E-state index is 13.3. The van der Waals surface area contributed by atoms with Crippen molar-refractivity contribution in [2.24, 2.45) is 11.7 Å². The molecule has 0 unspecified atom stereocenters. The molecule has 0 amide bonds. The van der Waals surface area contributed by atoms with Gasteiger partial charge in [0.05, 0.1) is 0 Å². The molecule has 0 spiro atoms. The minimum atomic E-state index is -0.550. The van der Waals surface area contributed by atoms with E-state index in [-0.39, 0.29) is 18.0 Å². The Bertz CT molecular complexity index is 309. The molecule has 0 aromatic heterocycles. The van der Waals surface area contributed by atoms with Crippen LogP contribution < -0.4 is 5.73 Å². The van der Waals surface area contributed by atoms with Crippen LogP contribution in [-0.4, -0.2) is 0 Å². The molecule has 1 nitrogen and oxygen atoms in total. The first-order chi connectivity index (χ1) is 7.02. The van der Waals surface area contributed by atoms with Crippen molar-refractivity contribution in [1.82, 2.24) is 0 Å². The van der Waals surface area contributed by atoms with Crippen LogP contribution in [0.1, 0.15) is 38.3 Å². The van der Waals surface area contributed by atoms with E-state index < -0.39 is 17.7 Å². The predicted octanol–water partition coefficient (Wildman–Crippen LogP) is 3.82. The Kier molecular flexibility index (Phi) is 6.53. The molecule has 0 radical (unpaired) electrons. The fourth-order valence-electron chi connectivity index (χ4n) is 1.52. The minimum absolute atomic E-state index is 0. The lowest BCUT2D eigenvalue weighted by atomic mass is 9.97. The standard InChI is InChI=1S/C12H17F2N.ClH/c1-8(2)6-7-11(15)12-9(13)4-3-5-10(12)14;/h3-5,8,11H,6-7,15H2,1-2H3;1H/t11-;/m0./s1. The van der Waals surface area contributed by atoms with Gasteiger partial charge in [-0.1, -0.05) is 19.9 Å². The second kappa shape index (κ2) is 6.81. The molecule has 1 aromatic carbocycles. The van der Waals surface area contributed by atoms with Gasteiger partial charge >= 0.3 is 0 Å². The Morgan fingerprint density at radius 3 is 2.06 bits per heavy atom. The van der Waals surface area contributed by atoms with Crippen molar-refractivity contribution in [1.29, 1.82) is 0 Å². The van der Waals surface area contributed by atoms with Crippen LogP contribution in [0.25, 0.3) is 0 Å². The summed E-state index contributed by atoms with van der Waals surface area (Å²) >= 11 is 0. The van der Waals surface area contributed by atoms with Gasteiger partial charge in [-0.3, -0.25) is 0 Å². The molecule has 1 atom stereocenters. The summed E-state index contributed by atoms with van der Waals surface area (Å²) in [4.78, 5) is 0. The van der Waals surface area contributed by atoms with Gasteiger partial charge < -0.3 is 5.73 Å². The van der Waals surface area contributed by atoms with Gasteiger partial charge in [0.2, 0.25) is 0 Å². The Balaban J connectivity index is 0.00000225. The molecule has 0 saturated heterocycles. The lowest BCUT2D eigenvalue weighted by Crippen LogP contribution is -2.15. The molecule has 16 heavy (non-hydrogen) atoms. The average molecular weight is 250 g/mol. The van der Waals surface area contributed by atoms with Crippen LogP contribution in [0.2, 0.25) is 0 Å². The third-order valence-electron chi connectivity index (χ3n) is 2.43. The van der Waals surface area contributed by atoms with Crippen molar-refractivity contribution in [2.45, 2.75) is 32.7 Å². The fourth-order valence-corrected chi connectivity index (χ4v) is 1.52. The summed E-state index contributed by atoms with van der Waals surface area (Å²) in [6, 6.07) is 3.29. The van der Waals surface area contributed by atoms with Gasteiger partial charge in [0.15, 0.2) is 0 Å². The summed E-state index contributed by atoms with van der Waals surface area (Å²) in [6.07, 6.45) is 1.48. The van der Waals surface area contributed by atoms with Crippen LogP contribution >= 0.6 is 12.4 Å². The lowest BCUT2D eigenvalue weighted by Gasteiger charge is -2.14. The third-order valence-corrected chi connectivity index (χ3v) is 2.43. The van der Waals surface area contributed by atoms with E-state index in [1.54, 1.807) is 0 Å². The molecule has 0 aliphatic heterocycles. The number of halogens is 3. The molecular formula is C12H18ClF2N. The van der Waals surface area contributed by atoms with Crippen LogP contribution in [0.5, 0.6) is 0 Å². The highest BCUT2D eigenvalue weighted by Gasteiger charge is 2.16. The maximum atomic E-state index is 13.3. The molecule has 0 aliphatic rings. The molecule has 0 saturated carbocycles. The average Bonchev–Trinajstić information content (AvgIpc) is 2.14. The second-order valence-corrected chi connectivity index (χ2v) is 4.21. The van der Waals surface area contributed by atoms with E-state index >= 15 is 0 Å². The van der Waals surface area contributed by atoms with Gasteiger partial charge in [0.1, 0.15) is 11.6 Å². The summed E-state index contributed by atoms with van der Waals surface area (Å²) in [6.45, 7) is 4.12. The maximum Gasteiger partial charge on any atom is 0.130 e. The van der Waals surface area contributed by atoms with Crippen molar-refractivity contribution in [3.8, 4) is 0 Å². The third kappa shape index (κ3) is 4.06. The smallest absolute Gasteiger partial charge is 0.130 e.